The topological polar surface area (TPSA) is 110 Å². The molecule has 1 N–H and O–H groups in total. The Kier molecular flexibility index (Phi) is 7.07. The first-order valence-electron chi connectivity index (χ1n) is 12.2. The molecule has 10 nitrogen and oxygen atoms in total. The Bertz CT molecular complexity index is 1330. The highest BCUT2D eigenvalue weighted by Crippen LogP contribution is 2.31. The molecule has 2 saturated heterocycles. The minimum Gasteiger partial charge on any atom is -0.377 e. The van der Waals surface area contributed by atoms with Gasteiger partial charge in [-0.15, -0.1) is 0 Å². The molecule has 0 aliphatic carbocycles. The number of sulfonamides is 1. The van der Waals surface area contributed by atoms with Crippen LogP contribution in [0, 0.1) is 0 Å². The fourth-order valence-electron chi connectivity index (χ4n) is 4.56. The lowest BCUT2D eigenvalue weighted by molar-refractivity contribution is 0.0973. The van der Waals surface area contributed by atoms with Gasteiger partial charge in [0.05, 0.1) is 55.8 Å². The van der Waals surface area contributed by atoms with Crippen LogP contribution in [0.25, 0.3) is 22.3 Å². The van der Waals surface area contributed by atoms with Crippen LogP contribution in [-0.2, 0) is 26.0 Å². The van der Waals surface area contributed by atoms with E-state index in [1.165, 1.54) is 0 Å². The number of benzene rings is 1. The first kappa shape index (κ1) is 24.8. The third-order valence-electron chi connectivity index (χ3n) is 6.58. The smallest absolute Gasteiger partial charge is 0.229 e. The highest BCUT2D eigenvalue weighted by Gasteiger charge is 2.27. The van der Waals surface area contributed by atoms with E-state index in [-0.39, 0.29) is 18.6 Å². The number of morpholine rings is 2. The van der Waals surface area contributed by atoms with Crippen LogP contribution in [0.15, 0.2) is 36.4 Å². The molecule has 192 valence electrons. The van der Waals surface area contributed by atoms with E-state index < -0.39 is 10.0 Å². The summed E-state index contributed by atoms with van der Waals surface area (Å²) in [6.45, 7) is 8.59. The van der Waals surface area contributed by atoms with Crippen molar-refractivity contribution in [3.8, 4) is 11.3 Å². The average molecular weight is 513 g/mol. The third-order valence-corrected chi connectivity index (χ3v) is 7.25. The summed E-state index contributed by atoms with van der Waals surface area (Å²) >= 11 is 0. The predicted molar refractivity (Wildman–Crippen MR) is 140 cm³/mol. The van der Waals surface area contributed by atoms with Crippen LogP contribution >= 0.6 is 0 Å². The quantitative estimate of drug-likeness (QED) is 0.531. The molecule has 2 aromatic heterocycles. The van der Waals surface area contributed by atoms with Crippen LogP contribution in [-0.4, -0.2) is 81.2 Å². The number of ether oxygens (including phenoxy) is 2. The van der Waals surface area contributed by atoms with Gasteiger partial charge in [0, 0.05) is 25.2 Å². The SMILES string of the molecule is CC1COCCN1c1nc(N2CCOCC2C)c2ccc(-c3ccc(CNS(C)(=O)=O)cc3)nc2n1. The molecule has 0 saturated carbocycles. The molecule has 3 aromatic rings. The zero-order valence-corrected chi connectivity index (χ0v) is 21.7. The summed E-state index contributed by atoms with van der Waals surface area (Å²) in [6.07, 6.45) is 1.15. The van der Waals surface area contributed by atoms with E-state index in [0.29, 0.717) is 38.0 Å². The second-order valence-corrected chi connectivity index (χ2v) is 11.3. The minimum absolute atomic E-state index is 0.169. The number of rotatable bonds is 6. The highest BCUT2D eigenvalue weighted by atomic mass is 32.2. The van der Waals surface area contributed by atoms with Crippen LogP contribution in [0.1, 0.15) is 19.4 Å². The Balaban J connectivity index is 1.53. The van der Waals surface area contributed by atoms with Crippen LogP contribution in [0.2, 0.25) is 0 Å². The predicted octanol–water partition coefficient (Wildman–Crippen LogP) is 2.19. The largest absolute Gasteiger partial charge is 0.377 e. The van der Waals surface area contributed by atoms with Crippen molar-refractivity contribution in [2.24, 2.45) is 0 Å². The third kappa shape index (κ3) is 5.44. The number of fused-ring (bicyclic) bond motifs is 1. The number of hydrogen-bond donors (Lipinski definition) is 1. The van der Waals surface area contributed by atoms with Crippen LogP contribution in [0.3, 0.4) is 0 Å². The Morgan fingerprint density at radius 3 is 2.22 bits per heavy atom. The van der Waals surface area contributed by atoms with Crippen molar-refractivity contribution in [1.29, 1.82) is 0 Å². The number of hydrogen-bond acceptors (Lipinski definition) is 9. The molecule has 2 fully saturated rings. The van der Waals surface area contributed by atoms with E-state index in [1.807, 2.05) is 36.4 Å². The van der Waals surface area contributed by atoms with E-state index in [2.05, 4.69) is 28.4 Å². The van der Waals surface area contributed by atoms with Crippen LogP contribution in [0.4, 0.5) is 11.8 Å². The fraction of sp³-hybridized carbons (Fsp3) is 0.480. The summed E-state index contributed by atoms with van der Waals surface area (Å²) < 4.78 is 36.6. The van der Waals surface area contributed by atoms with E-state index in [4.69, 9.17) is 24.4 Å². The number of nitrogens with zero attached hydrogens (tertiary/aromatic N) is 5. The van der Waals surface area contributed by atoms with Gasteiger partial charge in [-0.2, -0.15) is 9.97 Å². The summed E-state index contributed by atoms with van der Waals surface area (Å²) in [4.78, 5) is 19.4. The zero-order valence-electron chi connectivity index (χ0n) is 20.8. The lowest BCUT2D eigenvalue weighted by Crippen LogP contribution is -2.46. The standard InChI is InChI=1S/C25H32N6O4S/c1-17-15-34-12-10-30(17)24-21-8-9-22(20-6-4-19(5-7-20)14-26-36(3,32)33)27-23(21)28-25(29-24)31-11-13-35-16-18(31)2/h4-9,17-18,26H,10-16H2,1-3H3. The van der Waals surface area contributed by atoms with Crippen molar-refractivity contribution in [2.45, 2.75) is 32.5 Å². The first-order chi connectivity index (χ1) is 17.3. The molecule has 2 unspecified atom stereocenters. The van der Waals surface area contributed by atoms with Gasteiger partial charge in [-0.25, -0.2) is 18.1 Å². The van der Waals surface area contributed by atoms with E-state index in [9.17, 15) is 8.42 Å². The fourth-order valence-corrected chi connectivity index (χ4v) is 4.99. The highest BCUT2D eigenvalue weighted by molar-refractivity contribution is 7.88. The molecule has 36 heavy (non-hydrogen) atoms. The number of aromatic nitrogens is 3. The van der Waals surface area contributed by atoms with Gasteiger partial charge in [0.25, 0.3) is 0 Å². The lowest BCUT2D eigenvalue weighted by Gasteiger charge is -2.37. The molecule has 2 aliphatic rings. The van der Waals surface area contributed by atoms with Gasteiger partial charge in [-0.3, -0.25) is 0 Å². The van der Waals surface area contributed by atoms with Crippen molar-refractivity contribution >= 4 is 32.8 Å². The average Bonchev–Trinajstić information content (AvgIpc) is 2.87. The van der Waals surface area contributed by atoms with Crippen molar-refractivity contribution in [3.63, 3.8) is 0 Å². The molecule has 4 heterocycles. The lowest BCUT2D eigenvalue weighted by atomic mass is 10.1. The minimum atomic E-state index is -3.24. The molecular weight excluding hydrogens is 480 g/mol. The second kappa shape index (κ2) is 10.3. The molecule has 2 atom stereocenters. The molecule has 0 spiro atoms. The number of anilines is 2. The van der Waals surface area contributed by atoms with E-state index >= 15 is 0 Å². The summed E-state index contributed by atoms with van der Waals surface area (Å²) in [6, 6.07) is 12.1. The molecule has 5 rings (SSSR count). The van der Waals surface area contributed by atoms with Crippen molar-refractivity contribution in [1.82, 2.24) is 19.7 Å². The van der Waals surface area contributed by atoms with Gasteiger partial charge in [0.1, 0.15) is 5.82 Å². The van der Waals surface area contributed by atoms with Gasteiger partial charge >= 0.3 is 0 Å². The van der Waals surface area contributed by atoms with Gasteiger partial charge < -0.3 is 19.3 Å². The monoisotopic (exact) mass is 512 g/mol. The zero-order chi connectivity index (χ0) is 25.3. The maximum absolute atomic E-state index is 11.4. The Morgan fingerprint density at radius 1 is 0.917 bits per heavy atom. The number of pyridine rings is 1. The van der Waals surface area contributed by atoms with Gasteiger partial charge in [-0.05, 0) is 31.5 Å². The first-order valence-corrected chi connectivity index (χ1v) is 14.1. The Hall–Kier alpha value is -2.86. The van der Waals surface area contributed by atoms with Crippen LogP contribution < -0.4 is 14.5 Å². The van der Waals surface area contributed by atoms with Crippen molar-refractivity contribution < 1.29 is 17.9 Å². The Morgan fingerprint density at radius 2 is 1.58 bits per heavy atom. The summed E-state index contributed by atoms with van der Waals surface area (Å²) in [7, 11) is -3.24. The van der Waals surface area contributed by atoms with Gasteiger partial charge in [0.15, 0.2) is 5.65 Å². The van der Waals surface area contributed by atoms with E-state index in [0.717, 1.165) is 47.4 Å². The summed E-state index contributed by atoms with van der Waals surface area (Å²) in [5.41, 5.74) is 3.25. The molecule has 2 aliphatic heterocycles. The van der Waals surface area contributed by atoms with Gasteiger partial charge in [0.2, 0.25) is 16.0 Å². The van der Waals surface area contributed by atoms with Gasteiger partial charge in [-0.1, -0.05) is 24.3 Å². The Labute approximate surface area is 211 Å². The maximum atomic E-state index is 11.4. The normalized spacial score (nSPS) is 21.2. The molecule has 0 radical (unpaired) electrons. The van der Waals surface area contributed by atoms with E-state index in [1.54, 1.807) is 0 Å². The molecule has 0 bridgehead atoms. The van der Waals surface area contributed by atoms with Crippen molar-refractivity contribution in [3.05, 3.63) is 42.0 Å². The molecular formula is C25H32N6O4S. The molecule has 1 aromatic carbocycles. The number of nitrogens with one attached hydrogen (secondary N) is 1. The maximum Gasteiger partial charge on any atom is 0.229 e. The molecule has 11 heteroatoms. The summed E-state index contributed by atoms with van der Waals surface area (Å²) in [5.74, 6) is 1.55. The second-order valence-electron chi connectivity index (χ2n) is 9.44. The molecule has 0 amide bonds. The van der Waals surface area contributed by atoms with Crippen LogP contribution in [0.5, 0.6) is 0 Å². The summed E-state index contributed by atoms with van der Waals surface area (Å²) in [5, 5.41) is 0.908. The van der Waals surface area contributed by atoms with Crippen molar-refractivity contribution in [2.75, 3.05) is 55.6 Å².